The molecule has 2 rings (SSSR count). The average Bonchev–Trinajstić information content (AvgIpc) is 2.47. The van der Waals surface area contributed by atoms with E-state index in [1.54, 1.807) is 7.11 Å². The Kier molecular flexibility index (Phi) is 5.66. The van der Waals surface area contributed by atoms with Gasteiger partial charge in [0.25, 0.3) is 0 Å². The van der Waals surface area contributed by atoms with Crippen molar-refractivity contribution in [2.75, 3.05) is 7.11 Å². The summed E-state index contributed by atoms with van der Waals surface area (Å²) in [5.74, 6) is 0.916. The molecule has 0 bridgehead atoms. The molecule has 0 aliphatic carbocycles. The predicted octanol–water partition coefficient (Wildman–Crippen LogP) is 4.94. The summed E-state index contributed by atoms with van der Waals surface area (Å²) in [5.41, 5.74) is 4.08. The lowest BCUT2D eigenvalue weighted by atomic mass is 10.0. The van der Waals surface area contributed by atoms with Gasteiger partial charge < -0.3 is 4.74 Å². The molecule has 0 fully saturated rings. The minimum atomic E-state index is 0.511. The summed E-state index contributed by atoms with van der Waals surface area (Å²) in [4.78, 5) is 0.511. The molecule has 2 heteroatoms. The molecule has 1 nitrogen and oxygen atoms in total. The summed E-state index contributed by atoms with van der Waals surface area (Å²) >= 11 is 3.79. The second-order valence-electron chi connectivity index (χ2n) is 5.17. The van der Waals surface area contributed by atoms with Crippen molar-refractivity contribution >= 4 is 15.9 Å². The molecule has 1 atom stereocenters. The van der Waals surface area contributed by atoms with Gasteiger partial charge in [0, 0.05) is 4.83 Å². The lowest BCUT2D eigenvalue weighted by Crippen LogP contribution is -2.04. The number of rotatable bonds is 6. The third kappa shape index (κ3) is 4.68. The van der Waals surface area contributed by atoms with E-state index in [1.807, 2.05) is 12.1 Å². The fraction of sp³-hybridized carbons (Fsp3) is 0.333. The van der Waals surface area contributed by atoms with Gasteiger partial charge in [-0.05, 0) is 49.4 Å². The molecule has 1 unspecified atom stereocenters. The van der Waals surface area contributed by atoms with Crippen molar-refractivity contribution < 1.29 is 4.74 Å². The highest BCUT2D eigenvalue weighted by Gasteiger charge is 2.06. The first-order valence-corrected chi connectivity index (χ1v) is 7.91. The molecular weight excluding hydrogens is 312 g/mol. The van der Waals surface area contributed by atoms with Crippen molar-refractivity contribution in [2.45, 2.75) is 31.0 Å². The molecule has 0 N–H and O–H groups in total. The zero-order valence-corrected chi connectivity index (χ0v) is 13.7. The van der Waals surface area contributed by atoms with Gasteiger partial charge in [0.2, 0.25) is 0 Å². The standard InChI is InChI=1S/C18H21BrO/c1-14-3-5-15(6-4-14)7-10-17(19)13-16-8-11-18(20-2)12-9-16/h3-6,8-9,11-12,17H,7,10,13H2,1-2H3. The summed E-state index contributed by atoms with van der Waals surface area (Å²) in [6, 6.07) is 17.1. The quantitative estimate of drug-likeness (QED) is 0.680. The Morgan fingerprint density at radius 3 is 2.15 bits per heavy atom. The molecule has 0 saturated heterocycles. The maximum Gasteiger partial charge on any atom is 0.118 e. The number of hydrogen-bond donors (Lipinski definition) is 0. The highest BCUT2D eigenvalue weighted by Crippen LogP contribution is 2.19. The van der Waals surface area contributed by atoms with Crippen LogP contribution < -0.4 is 4.74 Å². The molecule has 2 aromatic rings. The predicted molar refractivity (Wildman–Crippen MR) is 88.9 cm³/mol. The Morgan fingerprint density at radius 1 is 0.950 bits per heavy atom. The van der Waals surface area contributed by atoms with Crippen molar-refractivity contribution in [1.29, 1.82) is 0 Å². The van der Waals surface area contributed by atoms with E-state index in [1.165, 1.54) is 16.7 Å². The van der Waals surface area contributed by atoms with Gasteiger partial charge in [-0.1, -0.05) is 57.9 Å². The van der Waals surface area contributed by atoms with Crippen molar-refractivity contribution in [2.24, 2.45) is 0 Å². The van der Waals surface area contributed by atoms with E-state index < -0.39 is 0 Å². The summed E-state index contributed by atoms with van der Waals surface area (Å²) in [7, 11) is 1.70. The largest absolute Gasteiger partial charge is 0.497 e. The molecule has 0 radical (unpaired) electrons. The van der Waals surface area contributed by atoms with Crippen molar-refractivity contribution in [3.05, 3.63) is 65.2 Å². The molecule has 0 aliphatic rings. The van der Waals surface area contributed by atoms with E-state index in [4.69, 9.17) is 4.74 Å². The Balaban J connectivity index is 1.82. The van der Waals surface area contributed by atoms with Gasteiger partial charge in [-0.3, -0.25) is 0 Å². The van der Waals surface area contributed by atoms with Crippen LogP contribution in [0.3, 0.4) is 0 Å². The number of methoxy groups -OCH3 is 1. The molecule has 2 aromatic carbocycles. The maximum absolute atomic E-state index is 5.18. The molecule has 0 spiro atoms. The van der Waals surface area contributed by atoms with Crippen molar-refractivity contribution in [3.63, 3.8) is 0 Å². The van der Waals surface area contributed by atoms with Gasteiger partial charge in [0.1, 0.15) is 5.75 Å². The highest BCUT2D eigenvalue weighted by atomic mass is 79.9. The zero-order valence-electron chi connectivity index (χ0n) is 12.1. The Bertz CT molecular complexity index is 516. The summed E-state index contributed by atoms with van der Waals surface area (Å²) < 4.78 is 5.18. The number of aryl methyl sites for hydroxylation is 2. The van der Waals surface area contributed by atoms with E-state index in [2.05, 4.69) is 59.3 Å². The van der Waals surface area contributed by atoms with Crippen LogP contribution in [0.25, 0.3) is 0 Å². The van der Waals surface area contributed by atoms with Crippen LogP contribution in [-0.2, 0) is 12.8 Å². The lowest BCUT2D eigenvalue weighted by Gasteiger charge is -2.10. The summed E-state index contributed by atoms with van der Waals surface area (Å²) in [6.07, 6.45) is 3.32. The van der Waals surface area contributed by atoms with Crippen LogP contribution in [0.15, 0.2) is 48.5 Å². The van der Waals surface area contributed by atoms with Gasteiger partial charge in [0.05, 0.1) is 7.11 Å². The third-order valence-corrected chi connectivity index (χ3v) is 4.26. The van der Waals surface area contributed by atoms with E-state index >= 15 is 0 Å². The second-order valence-corrected chi connectivity index (χ2v) is 6.47. The van der Waals surface area contributed by atoms with E-state index in [0.717, 1.165) is 25.0 Å². The van der Waals surface area contributed by atoms with E-state index in [0.29, 0.717) is 4.83 Å². The van der Waals surface area contributed by atoms with E-state index in [9.17, 15) is 0 Å². The SMILES string of the molecule is COc1ccc(CC(Br)CCc2ccc(C)cc2)cc1. The summed E-state index contributed by atoms with van der Waals surface area (Å²) in [6.45, 7) is 2.13. The molecule has 0 saturated carbocycles. The summed E-state index contributed by atoms with van der Waals surface area (Å²) in [5, 5.41) is 0. The van der Waals surface area contributed by atoms with Gasteiger partial charge in [-0.2, -0.15) is 0 Å². The van der Waals surface area contributed by atoms with E-state index in [-0.39, 0.29) is 0 Å². The smallest absolute Gasteiger partial charge is 0.118 e. The molecule has 0 heterocycles. The van der Waals surface area contributed by atoms with Crippen LogP contribution in [0, 0.1) is 6.92 Å². The van der Waals surface area contributed by atoms with Crippen LogP contribution in [0.1, 0.15) is 23.1 Å². The molecule has 106 valence electrons. The van der Waals surface area contributed by atoms with Crippen LogP contribution in [-0.4, -0.2) is 11.9 Å². The first-order valence-electron chi connectivity index (χ1n) is 7.00. The number of alkyl halides is 1. The van der Waals surface area contributed by atoms with Gasteiger partial charge >= 0.3 is 0 Å². The van der Waals surface area contributed by atoms with Crippen LogP contribution >= 0.6 is 15.9 Å². The molecule has 0 aromatic heterocycles. The fourth-order valence-electron chi connectivity index (χ4n) is 2.20. The van der Waals surface area contributed by atoms with Crippen LogP contribution in [0.2, 0.25) is 0 Å². The van der Waals surface area contributed by atoms with Crippen LogP contribution in [0.5, 0.6) is 5.75 Å². The molecule has 0 amide bonds. The third-order valence-electron chi connectivity index (χ3n) is 3.48. The molecule has 0 aliphatic heterocycles. The number of halogens is 1. The first-order chi connectivity index (χ1) is 9.67. The Labute approximate surface area is 130 Å². The highest BCUT2D eigenvalue weighted by molar-refractivity contribution is 9.09. The monoisotopic (exact) mass is 332 g/mol. The minimum Gasteiger partial charge on any atom is -0.497 e. The first kappa shape index (κ1) is 15.1. The van der Waals surface area contributed by atoms with Gasteiger partial charge in [0.15, 0.2) is 0 Å². The van der Waals surface area contributed by atoms with Gasteiger partial charge in [-0.25, -0.2) is 0 Å². The minimum absolute atomic E-state index is 0.511. The Morgan fingerprint density at radius 2 is 1.55 bits per heavy atom. The lowest BCUT2D eigenvalue weighted by molar-refractivity contribution is 0.414. The number of ether oxygens (including phenoxy) is 1. The van der Waals surface area contributed by atoms with Crippen molar-refractivity contribution in [3.8, 4) is 5.75 Å². The average molecular weight is 333 g/mol. The topological polar surface area (TPSA) is 9.23 Å². The molecule has 20 heavy (non-hydrogen) atoms. The van der Waals surface area contributed by atoms with Crippen LogP contribution in [0.4, 0.5) is 0 Å². The Hall–Kier alpha value is -1.28. The van der Waals surface area contributed by atoms with Crippen molar-refractivity contribution in [1.82, 2.24) is 0 Å². The zero-order chi connectivity index (χ0) is 14.4. The molecular formula is C18H21BrO. The second kappa shape index (κ2) is 7.49. The normalized spacial score (nSPS) is 12.2. The number of hydrogen-bond acceptors (Lipinski definition) is 1. The maximum atomic E-state index is 5.18. The fourth-order valence-corrected chi connectivity index (χ4v) is 2.80. The number of benzene rings is 2. The van der Waals surface area contributed by atoms with Gasteiger partial charge in [-0.15, -0.1) is 0 Å².